The molecule has 1 N–H and O–H groups in total. The van der Waals surface area contributed by atoms with E-state index in [0.717, 1.165) is 22.5 Å². The normalized spacial score (nSPS) is 16.2. The van der Waals surface area contributed by atoms with E-state index in [9.17, 15) is 30.8 Å². The Morgan fingerprint density at radius 1 is 1.08 bits per heavy atom. The first-order valence-electron chi connectivity index (χ1n) is 11.5. The van der Waals surface area contributed by atoms with Gasteiger partial charge in [0.15, 0.2) is 0 Å². The van der Waals surface area contributed by atoms with E-state index >= 15 is 0 Å². The quantitative estimate of drug-likeness (QED) is 0.290. The first-order valence-corrected chi connectivity index (χ1v) is 13.3. The second-order valence-corrected chi connectivity index (χ2v) is 11.2. The Hall–Kier alpha value is -3.37. The zero-order chi connectivity index (χ0) is 27.8. The molecule has 0 radical (unpaired) electrons. The number of nitrogens with zero attached hydrogens (tertiary/aromatic N) is 1. The van der Waals surface area contributed by atoms with Crippen LogP contribution in [-0.4, -0.2) is 26.9 Å². The number of sulfonamides is 1. The van der Waals surface area contributed by atoms with Gasteiger partial charge in [0.1, 0.15) is 5.82 Å². The Bertz CT molecular complexity index is 1520. The number of amides is 1. The number of carbonyl (C=O) groups excluding carboxylic acids is 1. The van der Waals surface area contributed by atoms with E-state index in [-0.39, 0.29) is 28.7 Å². The van der Waals surface area contributed by atoms with Crippen LogP contribution in [0.2, 0.25) is 5.02 Å². The molecule has 0 bridgehead atoms. The molecule has 200 valence electrons. The molecule has 1 unspecified atom stereocenters. The van der Waals surface area contributed by atoms with Crippen molar-refractivity contribution >= 4 is 44.9 Å². The van der Waals surface area contributed by atoms with Crippen LogP contribution in [0.1, 0.15) is 36.1 Å². The van der Waals surface area contributed by atoms with Crippen LogP contribution >= 0.6 is 11.6 Å². The molecular formula is C27H23ClF4N2O3S. The molecule has 1 heterocycles. The van der Waals surface area contributed by atoms with Crippen LogP contribution in [0.5, 0.6) is 0 Å². The topological polar surface area (TPSA) is 66.5 Å². The summed E-state index contributed by atoms with van der Waals surface area (Å²) in [6.07, 6.45) is -2.78. The van der Waals surface area contributed by atoms with Crippen LogP contribution in [-0.2, 0) is 27.4 Å². The highest BCUT2D eigenvalue weighted by molar-refractivity contribution is 7.92. The summed E-state index contributed by atoms with van der Waals surface area (Å²) < 4.78 is 82.7. The number of hydrogen-bond acceptors (Lipinski definition) is 3. The van der Waals surface area contributed by atoms with Crippen LogP contribution < -0.4 is 9.62 Å². The van der Waals surface area contributed by atoms with E-state index < -0.39 is 38.5 Å². The van der Waals surface area contributed by atoms with Gasteiger partial charge in [0.25, 0.3) is 10.0 Å². The van der Waals surface area contributed by atoms with Gasteiger partial charge in [-0.25, -0.2) is 12.8 Å². The number of anilines is 1. The van der Waals surface area contributed by atoms with Crippen molar-refractivity contribution in [2.75, 3.05) is 10.8 Å². The number of hydrogen-bond donors (Lipinski definition) is 1. The molecule has 0 saturated heterocycles. The molecule has 1 aliphatic rings. The fraction of sp³-hybridized carbons (Fsp3) is 0.222. The van der Waals surface area contributed by atoms with Crippen molar-refractivity contribution in [3.8, 4) is 0 Å². The lowest BCUT2D eigenvalue weighted by Gasteiger charge is -2.35. The zero-order valence-electron chi connectivity index (χ0n) is 20.3. The van der Waals surface area contributed by atoms with E-state index in [0.29, 0.717) is 29.2 Å². The maximum Gasteiger partial charge on any atom is 0.416 e. The Kier molecular flexibility index (Phi) is 7.58. The van der Waals surface area contributed by atoms with E-state index in [1.54, 1.807) is 37.3 Å². The first-order chi connectivity index (χ1) is 17.8. The Labute approximate surface area is 222 Å². The fourth-order valence-corrected chi connectivity index (χ4v) is 6.37. The van der Waals surface area contributed by atoms with Crippen LogP contribution in [0.3, 0.4) is 0 Å². The van der Waals surface area contributed by atoms with Gasteiger partial charge in [-0.2, -0.15) is 13.2 Å². The van der Waals surface area contributed by atoms with Crippen LogP contribution in [0.4, 0.5) is 23.2 Å². The number of nitrogens with one attached hydrogen (secondary N) is 1. The van der Waals surface area contributed by atoms with Crippen LogP contribution in [0, 0.1) is 5.82 Å². The lowest BCUT2D eigenvalue weighted by molar-refractivity contribution is -0.137. The molecule has 3 aromatic carbocycles. The van der Waals surface area contributed by atoms with E-state index in [1.165, 1.54) is 19.1 Å². The molecule has 38 heavy (non-hydrogen) atoms. The lowest BCUT2D eigenvalue weighted by Crippen LogP contribution is -2.49. The summed E-state index contributed by atoms with van der Waals surface area (Å²) in [7, 11) is -4.46. The summed E-state index contributed by atoms with van der Waals surface area (Å²) in [6.45, 7) is 2.77. The number of rotatable bonds is 5. The molecule has 3 aromatic rings. The third kappa shape index (κ3) is 5.71. The molecule has 4 rings (SSSR count). The summed E-state index contributed by atoms with van der Waals surface area (Å²) in [5.41, 5.74) is 0.957. The Morgan fingerprint density at radius 2 is 1.79 bits per heavy atom. The average Bonchev–Trinajstić information content (AvgIpc) is 2.83. The number of alkyl halides is 3. The lowest BCUT2D eigenvalue weighted by atomic mass is 9.96. The smallest absolute Gasteiger partial charge is 0.351 e. The Morgan fingerprint density at radius 3 is 2.45 bits per heavy atom. The predicted octanol–water partition coefficient (Wildman–Crippen LogP) is 6.31. The molecule has 0 fully saturated rings. The van der Waals surface area contributed by atoms with E-state index in [4.69, 9.17) is 11.6 Å². The van der Waals surface area contributed by atoms with Crippen molar-refractivity contribution in [3.63, 3.8) is 0 Å². The Balaban J connectivity index is 1.82. The van der Waals surface area contributed by atoms with Gasteiger partial charge in [0.05, 0.1) is 33.8 Å². The van der Waals surface area contributed by atoms with Crippen molar-refractivity contribution in [2.45, 2.75) is 37.4 Å². The molecule has 0 saturated carbocycles. The minimum atomic E-state index is -4.73. The van der Waals surface area contributed by atoms with Gasteiger partial charge in [-0.1, -0.05) is 41.9 Å². The van der Waals surface area contributed by atoms with Gasteiger partial charge in [-0.15, -0.1) is 0 Å². The van der Waals surface area contributed by atoms with Crippen LogP contribution in [0.15, 0.2) is 65.6 Å². The number of allylic oxidation sites excluding steroid dienone is 1. The summed E-state index contributed by atoms with van der Waals surface area (Å²) in [4.78, 5) is 11.2. The van der Waals surface area contributed by atoms with Crippen molar-refractivity contribution in [2.24, 2.45) is 0 Å². The minimum absolute atomic E-state index is 0.184. The van der Waals surface area contributed by atoms with Gasteiger partial charge >= 0.3 is 6.18 Å². The van der Waals surface area contributed by atoms with Gasteiger partial charge < -0.3 is 5.32 Å². The van der Waals surface area contributed by atoms with Gasteiger partial charge in [-0.05, 0) is 66.4 Å². The highest BCUT2D eigenvalue weighted by Crippen LogP contribution is 2.36. The van der Waals surface area contributed by atoms with E-state index in [2.05, 4.69) is 5.32 Å². The molecular weight excluding hydrogens is 544 g/mol. The maximum absolute atomic E-state index is 14.4. The van der Waals surface area contributed by atoms with Gasteiger partial charge in [0.2, 0.25) is 5.91 Å². The monoisotopic (exact) mass is 566 g/mol. The predicted molar refractivity (Wildman–Crippen MR) is 139 cm³/mol. The average molecular weight is 567 g/mol. The molecule has 1 amide bonds. The molecule has 11 heteroatoms. The number of fused-ring (bicyclic) bond motifs is 1. The van der Waals surface area contributed by atoms with Gasteiger partial charge in [-0.3, -0.25) is 9.10 Å². The molecule has 0 aromatic heterocycles. The maximum atomic E-state index is 14.4. The van der Waals surface area contributed by atoms with Crippen molar-refractivity contribution in [3.05, 3.63) is 93.8 Å². The second kappa shape index (κ2) is 10.4. The van der Waals surface area contributed by atoms with Crippen molar-refractivity contribution in [1.29, 1.82) is 0 Å². The molecule has 5 nitrogen and oxygen atoms in total. The highest BCUT2D eigenvalue weighted by Gasteiger charge is 2.36. The first kappa shape index (κ1) is 27.7. The number of carbonyl (C=O) groups is 1. The summed E-state index contributed by atoms with van der Waals surface area (Å²) in [5.74, 6) is -0.886. The number of benzene rings is 3. The van der Waals surface area contributed by atoms with Gasteiger partial charge in [0, 0.05) is 12.5 Å². The summed E-state index contributed by atoms with van der Waals surface area (Å²) in [6, 6.07) is 12.2. The fourth-order valence-electron chi connectivity index (χ4n) is 4.47. The summed E-state index contributed by atoms with van der Waals surface area (Å²) >= 11 is 6.18. The molecule has 1 aliphatic heterocycles. The third-order valence-electron chi connectivity index (χ3n) is 6.13. The molecule has 0 aliphatic carbocycles. The number of halogens is 5. The standard InChI is InChI=1S/C27H23ClF4N2O3S/c1-16(26-23(28)7-4-8-24(26)29)11-18-9-10-19-13-21(33-17(2)35)15-34(25(19)12-18)38(36,37)22-6-3-5-20(14-22)27(30,31)32/h3-12,14,21H,13,15H2,1-2H3,(H,33,35). The zero-order valence-corrected chi connectivity index (χ0v) is 21.9. The van der Waals surface area contributed by atoms with Crippen molar-refractivity contribution < 1.29 is 30.8 Å². The van der Waals surface area contributed by atoms with Crippen molar-refractivity contribution in [1.82, 2.24) is 5.32 Å². The third-order valence-corrected chi connectivity index (χ3v) is 8.22. The molecule has 1 atom stereocenters. The summed E-state index contributed by atoms with van der Waals surface area (Å²) in [5, 5.41) is 2.91. The highest BCUT2D eigenvalue weighted by atomic mass is 35.5. The SMILES string of the molecule is CC(=O)NC1Cc2ccc(C=C(C)c3c(F)cccc3Cl)cc2N(S(=O)(=O)c2cccc(C(F)(F)F)c2)C1. The minimum Gasteiger partial charge on any atom is -0.351 e. The second-order valence-electron chi connectivity index (χ2n) is 8.98. The molecule has 0 spiro atoms. The van der Waals surface area contributed by atoms with Crippen LogP contribution in [0.25, 0.3) is 11.6 Å². The largest absolute Gasteiger partial charge is 0.416 e. The van der Waals surface area contributed by atoms with E-state index in [1.807, 2.05) is 0 Å².